The SMILES string of the molecule is C[C@@H]1Cc2ccc3c(c2[C@H](O)C1)C(=O)c1cccc(O)c1[C@H]3O. The van der Waals surface area contributed by atoms with Gasteiger partial charge in [-0.2, -0.15) is 0 Å². The maximum absolute atomic E-state index is 13.0. The number of hydrogen-bond donors (Lipinski definition) is 3. The van der Waals surface area contributed by atoms with Crippen LogP contribution in [0.15, 0.2) is 30.3 Å². The van der Waals surface area contributed by atoms with Crippen molar-refractivity contribution in [1.82, 2.24) is 0 Å². The highest BCUT2D eigenvalue weighted by atomic mass is 16.3. The van der Waals surface area contributed by atoms with Crippen molar-refractivity contribution in [1.29, 1.82) is 0 Å². The highest BCUT2D eigenvalue weighted by molar-refractivity contribution is 6.14. The summed E-state index contributed by atoms with van der Waals surface area (Å²) in [5.41, 5.74) is 3.06. The molecule has 2 aromatic carbocycles. The second kappa shape index (κ2) is 4.91. The summed E-state index contributed by atoms with van der Waals surface area (Å²) in [7, 11) is 0. The lowest BCUT2D eigenvalue weighted by molar-refractivity contribution is 0.0991. The maximum atomic E-state index is 13.0. The predicted octanol–water partition coefficient (Wildman–Crippen LogP) is 2.63. The van der Waals surface area contributed by atoms with Crippen molar-refractivity contribution in [2.75, 3.05) is 0 Å². The van der Waals surface area contributed by atoms with Crippen molar-refractivity contribution >= 4 is 5.78 Å². The van der Waals surface area contributed by atoms with E-state index in [-0.39, 0.29) is 17.1 Å². The van der Waals surface area contributed by atoms with E-state index in [1.807, 2.05) is 6.07 Å². The Labute approximate surface area is 134 Å². The Morgan fingerprint density at radius 2 is 1.87 bits per heavy atom. The van der Waals surface area contributed by atoms with Crippen LogP contribution in [-0.2, 0) is 6.42 Å². The van der Waals surface area contributed by atoms with Crippen LogP contribution < -0.4 is 0 Å². The summed E-state index contributed by atoms with van der Waals surface area (Å²) < 4.78 is 0. The van der Waals surface area contributed by atoms with Gasteiger partial charge >= 0.3 is 0 Å². The summed E-state index contributed by atoms with van der Waals surface area (Å²) in [6, 6.07) is 8.30. The van der Waals surface area contributed by atoms with Crippen LogP contribution in [0, 0.1) is 5.92 Å². The summed E-state index contributed by atoms with van der Waals surface area (Å²) in [5.74, 6) is 0.0399. The van der Waals surface area contributed by atoms with Crippen LogP contribution >= 0.6 is 0 Å². The highest BCUT2D eigenvalue weighted by Gasteiger charge is 2.37. The number of carbonyl (C=O) groups excluding carboxylic acids is 1. The number of aliphatic hydroxyl groups is 2. The third kappa shape index (κ3) is 1.95. The number of aliphatic hydroxyl groups excluding tert-OH is 2. The van der Waals surface area contributed by atoms with Gasteiger partial charge in [-0.25, -0.2) is 0 Å². The molecule has 23 heavy (non-hydrogen) atoms. The minimum absolute atomic E-state index is 0.0825. The molecule has 0 unspecified atom stereocenters. The van der Waals surface area contributed by atoms with Crippen LogP contribution in [0.3, 0.4) is 0 Å². The summed E-state index contributed by atoms with van der Waals surface area (Å²) in [6.45, 7) is 2.08. The Morgan fingerprint density at radius 1 is 1.09 bits per heavy atom. The van der Waals surface area contributed by atoms with E-state index in [1.54, 1.807) is 18.2 Å². The van der Waals surface area contributed by atoms with Gasteiger partial charge in [0.1, 0.15) is 11.9 Å². The first-order valence-corrected chi connectivity index (χ1v) is 7.87. The fraction of sp³-hybridized carbons (Fsp3) is 0.316. The van der Waals surface area contributed by atoms with Crippen LogP contribution in [-0.4, -0.2) is 21.1 Å². The lowest BCUT2D eigenvalue weighted by Gasteiger charge is -2.33. The Bertz CT molecular complexity index is 824. The van der Waals surface area contributed by atoms with Crippen LogP contribution in [0.4, 0.5) is 0 Å². The normalized spacial score (nSPS) is 25.5. The first-order chi connectivity index (χ1) is 11.0. The van der Waals surface area contributed by atoms with E-state index in [4.69, 9.17) is 0 Å². The zero-order valence-electron chi connectivity index (χ0n) is 12.8. The van der Waals surface area contributed by atoms with E-state index in [0.717, 1.165) is 12.0 Å². The number of hydrogen-bond acceptors (Lipinski definition) is 4. The monoisotopic (exact) mass is 310 g/mol. The molecule has 118 valence electrons. The molecule has 0 aliphatic heterocycles. The molecule has 0 heterocycles. The number of carbonyl (C=O) groups is 1. The van der Waals surface area contributed by atoms with Gasteiger partial charge in [-0.15, -0.1) is 0 Å². The van der Waals surface area contributed by atoms with Crippen molar-refractivity contribution in [3.63, 3.8) is 0 Å². The van der Waals surface area contributed by atoms with Gasteiger partial charge in [0.25, 0.3) is 0 Å². The summed E-state index contributed by atoms with van der Waals surface area (Å²) in [5, 5.41) is 31.2. The lowest BCUT2D eigenvalue weighted by atomic mass is 9.73. The van der Waals surface area contributed by atoms with Crippen LogP contribution in [0.1, 0.15) is 63.7 Å². The average Bonchev–Trinajstić information content (AvgIpc) is 2.51. The molecule has 4 rings (SSSR count). The number of benzene rings is 2. The minimum Gasteiger partial charge on any atom is -0.508 e. The largest absolute Gasteiger partial charge is 0.508 e. The zero-order chi connectivity index (χ0) is 16.3. The molecule has 0 saturated heterocycles. The smallest absolute Gasteiger partial charge is 0.194 e. The molecule has 2 aromatic rings. The summed E-state index contributed by atoms with van der Waals surface area (Å²) >= 11 is 0. The lowest BCUT2D eigenvalue weighted by Crippen LogP contribution is -2.26. The van der Waals surface area contributed by atoms with E-state index in [9.17, 15) is 20.1 Å². The fourth-order valence-electron chi connectivity index (χ4n) is 4.01. The van der Waals surface area contributed by atoms with Gasteiger partial charge < -0.3 is 15.3 Å². The minimum atomic E-state index is -1.06. The predicted molar refractivity (Wildman–Crippen MR) is 84.5 cm³/mol. The van der Waals surface area contributed by atoms with Gasteiger partial charge in [0.2, 0.25) is 0 Å². The van der Waals surface area contributed by atoms with Gasteiger partial charge in [-0.1, -0.05) is 31.2 Å². The molecule has 0 saturated carbocycles. The van der Waals surface area contributed by atoms with Crippen molar-refractivity contribution in [3.8, 4) is 5.75 Å². The van der Waals surface area contributed by atoms with Gasteiger partial charge in [-0.3, -0.25) is 4.79 Å². The van der Waals surface area contributed by atoms with E-state index in [1.165, 1.54) is 6.07 Å². The van der Waals surface area contributed by atoms with Crippen molar-refractivity contribution < 1.29 is 20.1 Å². The molecular formula is C19H18O4. The Morgan fingerprint density at radius 3 is 2.65 bits per heavy atom. The average molecular weight is 310 g/mol. The van der Waals surface area contributed by atoms with Crippen LogP contribution in [0.5, 0.6) is 5.75 Å². The van der Waals surface area contributed by atoms with Gasteiger partial charge in [0, 0.05) is 16.7 Å². The first-order valence-electron chi connectivity index (χ1n) is 7.87. The number of fused-ring (bicyclic) bond motifs is 4. The molecule has 0 amide bonds. The third-order valence-corrected chi connectivity index (χ3v) is 5.02. The number of phenols is 1. The second-order valence-corrected chi connectivity index (χ2v) is 6.63. The Balaban J connectivity index is 1.99. The molecule has 0 bridgehead atoms. The molecule has 0 spiro atoms. The molecule has 4 nitrogen and oxygen atoms in total. The molecule has 0 fully saturated rings. The Kier molecular flexibility index (Phi) is 3.08. The van der Waals surface area contributed by atoms with E-state index < -0.39 is 12.2 Å². The van der Waals surface area contributed by atoms with Crippen molar-refractivity contribution in [2.45, 2.75) is 32.0 Å². The molecule has 4 heteroatoms. The van der Waals surface area contributed by atoms with E-state index in [2.05, 4.69) is 6.92 Å². The first kappa shape index (κ1) is 14.4. The van der Waals surface area contributed by atoms with Crippen LogP contribution in [0.25, 0.3) is 0 Å². The van der Waals surface area contributed by atoms with Gasteiger partial charge in [0.05, 0.1) is 6.10 Å². The maximum Gasteiger partial charge on any atom is 0.194 e. The molecule has 0 aromatic heterocycles. The fourth-order valence-corrected chi connectivity index (χ4v) is 4.01. The molecule has 2 aliphatic rings. The molecule has 3 atom stereocenters. The number of ketones is 1. The summed E-state index contributed by atoms with van der Waals surface area (Å²) in [6.07, 6.45) is -0.329. The molecule has 0 radical (unpaired) electrons. The summed E-state index contributed by atoms with van der Waals surface area (Å²) in [4.78, 5) is 13.0. The van der Waals surface area contributed by atoms with E-state index >= 15 is 0 Å². The topological polar surface area (TPSA) is 77.8 Å². The zero-order valence-corrected chi connectivity index (χ0v) is 12.8. The third-order valence-electron chi connectivity index (χ3n) is 5.02. The number of rotatable bonds is 0. The molecule has 3 N–H and O–H groups in total. The second-order valence-electron chi connectivity index (χ2n) is 6.63. The Hall–Kier alpha value is -2.17. The standard InChI is InChI=1S/C19H18O4/c1-9-7-10-5-6-12-17(15(10)14(21)8-9)19(23)11-3-2-4-13(20)16(11)18(12)22/h2-6,9,14,18,20-22H,7-8H2,1H3/t9-,14-,18+/m1/s1. The van der Waals surface area contributed by atoms with Gasteiger partial charge in [-0.05, 0) is 41.5 Å². The van der Waals surface area contributed by atoms with Crippen LogP contribution in [0.2, 0.25) is 0 Å². The van der Waals surface area contributed by atoms with Gasteiger partial charge in [0.15, 0.2) is 5.78 Å². The molecule has 2 aliphatic carbocycles. The van der Waals surface area contributed by atoms with Crippen molar-refractivity contribution in [3.05, 3.63) is 63.7 Å². The van der Waals surface area contributed by atoms with Crippen molar-refractivity contribution in [2.24, 2.45) is 5.92 Å². The molecular weight excluding hydrogens is 292 g/mol. The quantitative estimate of drug-likeness (QED) is 0.699. The number of phenolic OH excluding ortho intramolecular Hbond substituents is 1. The van der Waals surface area contributed by atoms with E-state index in [0.29, 0.717) is 34.6 Å². The number of aromatic hydroxyl groups is 1. The highest BCUT2D eigenvalue weighted by Crippen LogP contribution is 2.45.